The minimum absolute atomic E-state index is 0.0985. The van der Waals surface area contributed by atoms with Crippen LogP contribution in [0.25, 0.3) is 0 Å². The van der Waals surface area contributed by atoms with Gasteiger partial charge in [-0.2, -0.15) is 5.10 Å². The van der Waals surface area contributed by atoms with E-state index in [-0.39, 0.29) is 12.0 Å². The third kappa shape index (κ3) is 7.19. The molecule has 0 atom stereocenters. The molecule has 0 spiro atoms. The molecule has 0 radical (unpaired) electrons. The van der Waals surface area contributed by atoms with E-state index in [9.17, 15) is 4.79 Å². The molecule has 0 heterocycles. The first-order valence-electron chi connectivity index (χ1n) is 10.4. The van der Waals surface area contributed by atoms with Crippen molar-refractivity contribution < 1.29 is 4.79 Å². The number of nitrogens with one attached hydrogen (secondary N) is 2. The van der Waals surface area contributed by atoms with Crippen LogP contribution >= 0.6 is 0 Å². The predicted molar refractivity (Wildman–Crippen MR) is 127 cm³/mol. The topological polar surface area (TPSA) is 118 Å². The predicted octanol–water partition coefficient (Wildman–Crippen LogP) is 4.26. The number of guanidine groups is 1. The van der Waals surface area contributed by atoms with Gasteiger partial charge in [-0.15, -0.1) is 5.10 Å². The van der Waals surface area contributed by atoms with E-state index in [4.69, 9.17) is 11.5 Å². The van der Waals surface area contributed by atoms with Crippen LogP contribution in [0.1, 0.15) is 50.2 Å². The third-order valence-electron chi connectivity index (χ3n) is 5.04. The Morgan fingerprint density at radius 1 is 0.903 bits per heavy atom. The van der Waals surface area contributed by atoms with Crippen molar-refractivity contribution in [1.29, 1.82) is 0 Å². The monoisotopic (exact) mass is 416 g/mol. The smallest absolute Gasteiger partial charge is 0.323 e. The maximum absolute atomic E-state index is 12.3. The molecule has 1 fully saturated rings. The number of urea groups is 1. The standard InChI is InChI=1S/C24H28N6O/c1-17(29-30-23(25)26)20-11-15-22(16-12-20)28-24(31)27-21-13-9-19(10-14-21)8-7-18-5-3-2-4-6-18/h9-16,18H,2-6H2,1H3,(H4,25,26,30)(H2,27,28,31)/b29-17+. The fourth-order valence-electron chi connectivity index (χ4n) is 3.35. The lowest BCUT2D eigenvalue weighted by Gasteiger charge is -2.15. The van der Waals surface area contributed by atoms with Gasteiger partial charge in [-0.1, -0.05) is 43.2 Å². The number of carbonyl (C=O) groups excluding carboxylic acids is 1. The summed E-state index contributed by atoms with van der Waals surface area (Å²) in [4.78, 5) is 12.3. The van der Waals surface area contributed by atoms with Crippen molar-refractivity contribution in [3.05, 3.63) is 59.7 Å². The quantitative estimate of drug-likeness (QED) is 0.258. The van der Waals surface area contributed by atoms with Gasteiger partial charge in [0, 0.05) is 22.9 Å². The van der Waals surface area contributed by atoms with Crippen molar-refractivity contribution in [2.45, 2.75) is 39.0 Å². The molecule has 7 heteroatoms. The van der Waals surface area contributed by atoms with Crippen molar-refractivity contribution in [3.8, 4) is 11.8 Å². The van der Waals surface area contributed by atoms with E-state index in [0.29, 0.717) is 23.0 Å². The van der Waals surface area contributed by atoms with E-state index in [2.05, 4.69) is 32.7 Å². The Labute approximate surface area is 183 Å². The van der Waals surface area contributed by atoms with Crippen molar-refractivity contribution in [3.63, 3.8) is 0 Å². The van der Waals surface area contributed by atoms with E-state index in [1.165, 1.54) is 32.1 Å². The Bertz CT molecular complexity index is 1000. The van der Waals surface area contributed by atoms with Crippen LogP contribution in [0.4, 0.5) is 16.2 Å². The molecule has 160 valence electrons. The molecule has 0 aliphatic heterocycles. The number of amides is 2. The Morgan fingerprint density at radius 3 is 2.06 bits per heavy atom. The number of benzene rings is 2. The summed E-state index contributed by atoms with van der Waals surface area (Å²) in [6.07, 6.45) is 6.31. The molecule has 2 aromatic carbocycles. The molecule has 0 aromatic heterocycles. The van der Waals surface area contributed by atoms with Crippen LogP contribution in [0, 0.1) is 17.8 Å². The highest BCUT2D eigenvalue weighted by molar-refractivity contribution is 6.01. The second-order valence-corrected chi connectivity index (χ2v) is 7.55. The molecule has 7 nitrogen and oxygen atoms in total. The molecule has 3 rings (SSSR count). The van der Waals surface area contributed by atoms with Gasteiger partial charge in [-0.25, -0.2) is 4.79 Å². The molecule has 0 bridgehead atoms. The number of hydrogen-bond donors (Lipinski definition) is 4. The van der Waals surface area contributed by atoms with E-state index in [1.54, 1.807) is 19.1 Å². The second-order valence-electron chi connectivity index (χ2n) is 7.55. The zero-order valence-electron chi connectivity index (χ0n) is 17.7. The Hall–Kier alpha value is -3.79. The molecule has 31 heavy (non-hydrogen) atoms. The van der Waals surface area contributed by atoms with Crippen molar-refractivity contribution in [2.24, 2.45) is 27.6 Å². The SMILES string of the molecule is C/C(=N\N=C(N)N)c1ccc(NC(=O)Nc2ccc(C#CC3CCCCC3)cc2)cc1. The summed E-state index contributed by atoms with van der Waals surface area (Å²) in [6, 6.07) is 14.5. The Balaban J connectivity index is 1.53. The normalized spacial score (nSPS) is 14.2. The molecule has 6 N–H and O–H groups in total. The number of nitrogens with two attached hydrogens (primary N) is 2. The molecule has 0 unspecified atom stereocenters. The molecule has 0 saturated heterocycles. The summed E-state index contributed by atoms with van der Waals surface area (Å²) in [5.74, 6) is 7.05. The first-order valence-corrected chi connectivity index (χ1v) is 10.4. The van der Waals surface area contributed by atoms with Crippen molar-refractivity contribution in [2.75, 3.05) is 10.6 Å². The minimum atomic E-state index is -0.320. The van der Waals surface area contributed by atoms with Crippen LogP contribution in [0.2, 0.25) is 0 Å². The Kier molecular flexibility index (Phi) is 7.66. The summed E-state index contributed by atoms with van der Waals surface area (Å²) in [7, 11) is 0. The lowest BCUT2D eigenvalue weighted by Crippen LogP contribution is -2.22. The first kappa shape index (κ1) is 21.9. The molecule has 2 amide bonds. The fraction of sp³-hybridized carbons (Fsp3) is 0.292. The van der Waals surface area contributed by atoms with Crippen molar-refractivity contribution in [1.82, 2.24) is 0 Å². The van der Waals surface area contributed by atoms with Gasteiger partial charge in [-0.3, -0.25) is 0 Å². The summed E-state index contributed by atoms with van der Waals surface area (Å²) >= 11 is 0. The van der Waals surface area contributed by atoms with Crippen LogP contribution < -0.4 is 22.1 Å². The highest BCUT2D eigenvalue weighted by atomic mass is 16.2. The van der Waals surface area contributed by atoms with Crippen LogP contribution in [-0.2, 0) is 0 Å². The first-order chi connectivity index (χ1) is 15.0. The summed E-state index contributed by atoms with van der Waals surface area (Å²) < 4.78 is 0. The van der Waals surface area contributed by atoms with Gasteiger partial charge in [0.15, 0.2) is 0 Å². The minimum Gasteiger partial charge on any atom is -0.369 e. The number of hydrogen-bond acceptors (Lipinski definition) is 3. The molecule has 1 aliphatic rings. The lowest BCUT2D eigenvalue weighted by atomic mass is 9.90. The average Bonchev–Trinajstić information content (AvgIpc) is 2.78. The van der Waals surface area contributed by atoms with Gasteiger partial charge in [0.05, 0.1) is 5.71 Å². The van der Waals surface area contributed by atoms with E-state index in [1.807, 2.05) is 36.4 Å². The highest BCUT2D eigenvalue weighted by Crippen LogP contribution is 2.23. The number of carbonyl (C=O) groups is 1. The summed E-state index contributed by atoms with van der Waals surface area (Å²) in [5, 5.41) is 13.2. The molecular weight excluding hydrogens is 388 g/mol. The van der Waals surface area contributed by atoms with E-state index in [0.717, 1.165) is 11.1 Å². The average molecular weight is 417 g/mol. The van der Waals surface area contributed by atoms with Crippen molar-refractivity contribution >= 4 is 29.1 Å². The summed E-state index contributed by atoms with van der Waals surface area (Å²) in [5.41, 5.74) is 14.4. The molecular formula is C24H28N6O. The van der Waals surface area contributed by atoms with E-state index < -0.39 is 0 Å². The summed E-state index contributed by atoms with van der Waals surface area (Å²) in [6.45, 7) is 1.80. The lowest BCUT2D eigenvalue weighted by molar-refractivity contribution is 0.262. The van der Waals surface area contributed by atoms with Crippen LogP contribution in [0.15, 0.2) is 58.7 Å². The second kappa shape index (κ2) is 10.8. The van der Waals surface area contributed by atoms with E-state index >= 15 is 0 Å². The zero-order valence-corrected chi connectivity index (χ0v) is 17.7. The fourth-order valence-corrected chi connectivity index (χ4v) is 3.35. The Morgan fingerprint density at radius 2 is 1.48 bits per heavy atom. The number of anilines is 2. The number of nitrogens with zero attached hydrogens (tertiary/aromatic N) is 2. The van der Waals surface area contributed by atoms with Gasteiger partial charge in [0.1, 0.15) is 0 Å². The van der Waals surface area contributed by atoms with Crippen LogP contribution in [0.5, 0.6) is 0 Å². The molecule has 2 aromatic rings. The third-order valence-corrected chi connectivity index (χ3v) is 5.04. The van der Waals surface area contributed by atoms with Crippen LogP contribution in [0.3, 0.4) is 0 Å². The van der Waals surface area contributed by atoms with Gasteiger partial charge in [0.2, 0.25) is 5.96 Å². The maximum Gasteiger partial charge on any atom is 0.323 e. The van der Waals surface area contributed by atoms with Crippen LogP contribution in [-0.4, -0.2) is 17.7 Å². The number of rotatable bonds is 4. The van der Waals surface area contributed by atoms with Gasteiger partial charge in [-0.05, 0) is 61.7 Å². The molecule has 1 aliphatic carbocycles. The molecule has 1 saturated carbocycles. The van der Waals surface area contributed by atoms with Gasteiger partial charge < -0.3 is 22.1 Å². The zero-order chi connectivity index (χ0) is 22.1. The van der Waals surface area contributed by atoms with Gasteiger partial charge in [0.25, 0.3) is 0 Å². The largest absolute Gasteiger partial charge is 0.369 e. The highest BCUT2D eigenvalue weighted by Gasteiger charge is 2.10. The van der Waals surface area contributed by atoms with Gasteiger partial charge >= 0.3 is 6.03 Å². The maximum atomic E-state index is 12.3.